The number of thioether (sulfide) groups is 1. The molecule has 6 nitrogen and oxygen atoms in total. The van der Waals surface area contributed by atoms with Crippen molar-refractivity contribution >= 4 is 29.1 Å². The molecule has 0 fully saturated rings. The maximum atomic E-state index is 12.6. The molecule has 0 aliphatic carbocycles. The van der Waals surface area contributed by atoms with Crippen molar-refractivity contribution in [1.82, 2.24) is 15.2 Å². The summed E-state index contributed by atoms with van der Waals surface area (Å²) in [7, 11) is 0. The van der Waals surface area contributed by atoms with E-state index in [1.54, 1.807) is 30.5 Å². The molecule has 2 aromatic carbocycles. The Morgan fingerprint density at radius 3 is 2.50 bits per heavy atom. The topological polar surface area (TPSA) is 84.8 Å². The van der Waals surface area contributed by atoms with E-state index in [9.17, 15) is 9.59 Å². The number of rotatable bonds is 7. The first-order chi connectivity index (χ1) is 13.6. The molecule has 1 aromatic heterocycles. The Morgan fingerprint density at radius 2 is 1.86 bits per heavy atom. The molecular formula is C21H20N4O2S. The second kappa shape index (κ2) is 9.23. The summed E-state index contributed by atoms with van der Waals surface area (Å²) in [5, 5.41) is 11.3. The number of anilines is 1. The molecule has 7 heteroatoms. The predicted molar refractivity (Wildman–Crippen MR) is 110 cm³/mol. The van der Waals surface area contributed by atoms with E-state index in [-0.39, 0.29) is 16.9 Å². The van der Waals surface area contributed by atoms with E-state index >= 15 is 0 Å². The van der Waals surface area contributed by atoms with Crippen molar-refractivity contribution in [1.29, 1.82) is 0 Å². The van der Waals surface area contributed by atoms with E-state index in [0.29, 0.717) is 28.5 Å². The SMILES string of the molecule is CC[C@@H](Sc1ncc(-c2ccccc2)nn1)C(=O)Nc1cccc(C(C)=O)c1. The van der Waals surface area contributed by atoms with Gasteiger partial charge in [-0.1, -0.05) is 61.2 Å². The summed E-state index contributed by atoms with van der Waals surface area (Å²) < 4.78 is 0. The summed E-state index contributed by atoms with van der Waals surface area (Å²) in [6, 6.07) is 16.6. The van der Waals surface area contributed by atoms with Crippen molar-refractivity contribution in [3.8, 4) is 11.3 Å². The Balaban J connectivity index is 1.67. The minimum absolute atomic E-state index is 0.0458. The van der Waals surface area contributed by atoms with Gasteiger partial charge in [-0.2, -0.15) is 0 Å². The summed E-state index contributed by atoms with van der Waals surface area (Å²) in [5.41, 5.74) is 2.77. The molecule has 0 radical (unpaired) electrons. The van der Waals surface area contributed by atoms with Gasteiger partial charge in [0.1, 0.15) is 5.69 Å². The molecule has 0 saturated carbocycles. The van der Waals surface area contributed by atoms with Crippen LogP contribution in [0, 0.1) is 0 Å². The normalized spacial score (nSPS) is 11.6. The molecule has 0 bridgehead atoms. The van der Waals surface area contributed by atoms with E-state index in [1.165, 1.54) is 18.7 Å². The number of benzene rings is 2. The quantitative estimate of drug-likeness (QED) is 0.478. The Hall–Kier alpha value is -3.06. The number of aromatic nitrogens is 3. The van der Waals surface area contributed by atoms with Gasteiger partial charge in [-0.3, -0.25) is 9.59 Å². The minimum atomic E-state index is -0.370. The van der Waals surface area contributed by atoms with Crippen LogP contribution in [0.15, 0.2) is 66.0 Å². The van der Waals surface area contributed by atoms with E-state index in [1.807, 2.05) is 37.3 Å². The third-order valence-corrected chi connectivity index (χ3v) is 5.29. The maximum absolute atomic E-state index is 12.6. The zero-order valence-electron chi connectivity index (χ0n) is 15.6. The molecule has 0 spiro atoms. The van der Waals surface area contributed by atoms with Gasteiger partial charge in [0, 0.05) is 16.8 Å². The molecule has 1 N–H and O–H groups in total. The first-order valence-electron chi connectivity index (χ1n) is 8.90. The zero-order valence-corrected chi connectivity index (χ0v) is 16.4. The predicted octanol–water partition coefficient (Wildman–Crippen LogP) is 4.25. The number of amides is 1. The molecule has 0 aliphatic rings. The van der Waals surface area contributed by atoms with Crippen molar-refractivity contribution in [3.63, 3.8) is 0 Å². The molecule has 1 heterocycles. The first-order valence-corrected chi connectivity index (χ1v) is 9.78. The average molecular weight is 392 g/mol. The second-order valence-corrected chi connectivity index (χ2v) is 7.30. The lowest BCUT2D eigenvalue weighted by atomic mass is 10.1. The van der Waals surface area contributed by atoms with Gasteiger partial charge in [0.05, 0.1) is 11.4 Å². The molecule has 28 heavy (non-hydrogen) atoms. The van der Waals surface area contributed by atoms with Crippen LogP contribution < -0.4 is 5.32 Å². The van der Waals surface area contributed by atoms with Crippen molar-refractivity contribution in [2.24, 2.45) is 0 Å². The molecule has 1 atom stereocenters. The number of nitrogens with one attached hydrogen (secondary N) is 1. The van der Waals surface area contributed by atoms with Crippen LogP contribution in [0.25, 0.3) is 11.3 Å². The molecule has 3 rings (SSSR count). The lowest BCUT2D eigenvalue weighted by Gasteiger charge is -2.14. The summed E-state index contributed by atoms with van der Waals surface area (Å²) in [6.07, 6.45) is 2.26. The highest BCUT2D eigenvalue weighted by Crippen LogP contribution is 2.24. The largest absolute Gasteiger partial charge is 0.325 e. The Kier molecular flexibility index (Phi) is 6.49. The first kappa shape index (κ1) is 19.7. The Morgan fingerprint density at radius 1 is 1.07 bits per heavy atom. The van der Waals surface area contributed by atoms with E-state index in [2.05, 4.69) is 20.5 Å². The highest BCUT2D eigenvalue weighted by molar-refractivity contribution is 8.00. The fourth-order valence-corrected chi connectivity index (χ4v) is 3.34. The van der Waals surface area contributed by atoms with Gasteiger partial charge in [0.25, 0.3) is 0 Å². The van der Waals surface area contributed by atoms with Crippen molar-refractivity contribution in [2.75, 3.05) is 5.32 Å². The van der Waals surface area contributed by atoms with Gasteiger partial charge in [0.15, 0.2) is 5.78 Å². The fraction of sp³-hybridized carbons (Fsp3) is 0.190. The second-order valence-electron chi connectivity index (χ2n) is 6.13. The smallest absolute Gasteiger partial charge is 0.237 e. The van der Waals surface area contributed by atoms with Gasteiger partial charge >= 0.3 is 0 Å². The minimum Gasteiger partial charge on any atom is -0.325 e. The van der Waals surface area contributed by atoms with Gasteiger partial charge in [-0.05, 0) is 25.5 Å². The Bertz CT molecular complexity index is 962. The summed E-state index contributed by atoms with van der Waals surface area (Å²) in [4.78, 5) is 28.5. The lowest BCUT2D eigenvalue weighted by molar-refractivity contribution is -0.115. The third-order valence-electron chi connectivity index (χ3n) is 4.06. The van der Waals surface area contributed by atoms with E-state index in [4.69, 9.17) is 0 Å². The number of Topliss-reactive ketones (excluding diaryl/α,β-unsaturated/α-hetero) is 1. The fourth-order valence-electron chi connectivity index (χ4n) is 2.55. The molecule has 0 saturated heterocycles. The summed E-state index contributed by atoms with van der Waals surface area (Å²) >= 11 is 1.27. The van der Waals surface area contributed by atoms with Crippen LogP contribution >= 0.6 is 11.8 Å². The van der Waals surface area contributed by atoms with Crippen LogP contribution in [0.4, 0.5) is 5.69 Å². The zero-order chi connectivity index (χ0) is 19.9. The highest BCUT2D eigenvalue weighted by Gasteiger charge is 2.20. The number of ketones is 1. The van der Waals surface area contributed by atoms with Crippen molar-refractivity contribution in [3.05, 3.63) is 66.4 Å². The van der Waals surface area contributed by atoms with Gasteiger partial charge in [0.2, 0.25) is 11.1 Å². The van der Waals surface area contributed by atoms with E-state index in [0.717, 1.165) is 5.56 Å². The van der Waals surface area contributed by atoms with Crippen LogP contribution in [0.1, 0.15) is 30.6 Å². The van der Waals surface area contributed by atoms with Crippen LogP contribution in [0.2, 0.25) is 0 Å². The lowest BCUT2D eigenvalue weighted by Crippen LogP contribution is -2.25. The van der Waals surface area contributed by atoms with Crippen LogP contribution in [0.5, 0.6) is 0 Å². The van der Waals surface area contributed by atoms with Crippen molar-refractivity contribution < 1.29 is 9.59 Å². The Labute approximate surface area is 167 Å². The van der Waals surface area contributed by atoms with Gasteiger partial charge in [-0.25, -0.2) is 4.98 Å². The maximum Gasteiger partial charge on any atom is 0.237 e. The standard InChI is InChI=1S/C21H20N4O2S/c1-3-19(20(27)23-17-11-7-10-16(12-17)14(2)26)28-21-22-13-18(24-25-21)15-8-5-4-6-9-15/h4-13,19H,3H2,1-2H3,(H,23,27)/t19-/m1/s1. The third kappa shape index (κ3) is 5.01. The van der Waals surface area contributed by atoms with E-state index < -0.39 is 0 Å². The number of hydrogen-bond donors (Lipinski definition) is 1. The molecule has 142 valence electrons. The highest BCUT2D eigenvalue weighted by atomic mass is 32.2. The summed E-state index contributed by atoms with van der Waals surface area (Å²) in [6.45, 7) is 3.42. The molecule has 1 amide bonds. The number of carbonyl (C=O) groups excluding carboxylic acids is 2. The van der Waals surface area contributed by atoms with Gasteiger partial charge < -0.3 is 5.32 Å². The molecule has 0 aliphatic heterocycles. The molecular weight excluding hydrogens is 372 g/mol. The monoisotopic (exact) mass is 392 g/mol. The van der Waals surface area contributed by atoms with Crippen LogP contribution in [0.3, 0.4) is 0 Å². The van der Waals surface area contributed by atoms with Crippen LogP contribution in [-0.4, -0.2) is 32.1 Å². The number of hydrogen-bond acceptors (Lipinski definition) is 6. The molecule has 0 unspecified atom stereocenters. The molecule has 3 aromatic rings. The van der Waals surface area contributed by atoms with Gasteiger partial charge in [-0.15, -0.1) is 10.2 Å². The van der Waals surface area contributed by atoms with Crippen molar-refractivity contribution in [2.45, 2.75) is 30.7 Å². The average Bonchev–Trinajstić information content (AvgIpc) is 2.73. The summed E-state index contributed by atoms with van der Waals surface area (Å²) in [5.74, 6) is -0.209. The van der Waals surface area contributed by atoms with Crippen LogP contribution in [-0.2, 0) is 4.79 Å². The number of carbonyl (C=O) groups is 2. The number of nitrogens with zero attached hydrogens (tertiary/aromatic N) is 3.